The standard InChI is InChI=1S/C12H15Cl2FNO3P/c1-3-18-20(17,19-4-2)12(14)6-8-5-11(16)10(15)7-9(8)13/h5-7H,3-4,16H2,1-2H3. The molecule has 0 aliphatic heterocycles. The highest BCUT2D eigenvalue weighted by Crippen LogP contribution is 2.58. The molecule has 0 spiro atoms. The summed E-state index contributed by atoms with van der Waals surface area (Å²) in [5, 5.41) is 0.0920. The molecule has 0 bridgehead atoms. The first-order chi connectivity index (χ1) is 9.34. The van der Waals surface area contributed by atoms with Gasteiger partial charge in [0.25, 0.3) is 0 Å². The van der Waals surface area contributed by atoms with Gasteiger partial charge in [0.15, 0.2) is 0 Å². The van der Waals surface area contributed by atoms with Crippen molar-refractivity contribution in [3.8, 4) is 0 Å². The summed E-state index contributed by atoms with van der Waals surface area (Å²) >= 11 is 11.9. The number of hydrogen-bond donors (Lipinski definition) is 1. The second kappa shape index (κ2) is 7.43. The lowest BCUT2D eigenvalue weighted by Crippen LogP contribution is -1.96. The topological polar surface area (TPSA) is 61.5 Å². The van der Waals surface area contributed by atoms with E-state index >= 15 is 0 Å². The van der Waals surface area contributed by atoms with Gasteiger partial charge >= 0.3 is 7.60 Å². The van der Waals surface area contributed by atoms with Crippen molar-refractivity contribution in [3.05, 3.63) is 33.3 Å². The summed E-state index contributed by atoms with van der Waals surface area (Å²) in [6.45, 7) is 3.67. The third-order valence-electron chi connectivity index (χ3n) is 2.25. The van der Waals surface area contributed by atoms with Gasteiger partial charge in [-0.15, -0.1) is 0 Å². The number of nitrogens with two attached hydrogens (primary N) is 1. The SMILES string of the molecule is CCOP(=O)(OCC)C(Cl)=Cc1cc(N)c(F)cc1Cl. The van der Waals surface area contributed by atoms with Gasteiger partial charge in [-0.25, -0.2) is 4.39 Å². The Kier molecular flexibility index (Phi) is 6.49. The van der Waals surface area contributed by atoms with Crippen molar-refractivity contribution in [2.75, 3.05) is 18.9 Å². The maximum atomic E-state index is 13.2. The molecule has 0 aromatic heterocycles. The Balaban J connectivity index is 3.21. The summed E-state index contributed by atoms with van der Waals surface area (Å²) in [5.74, 6) is -0.638. The van der Waals surface area contributed by atoms with Gasteiger partial charge in [0.2, 0.25) is 0 Å². The zero-order valence-electron chi connectivity index (χ0n) is 11.0. The third kappa shape index (κ3) is 4.21. The number of anilines is 1. The van der Waals surface area contributed by atoms with Crippen molar-refractivity contribution in [3.63, 3.8) is 0 Å². The van der Waals surface area contributed by atoms with E-state index < -0.39 is 13.4 Å². The van der Waals surface area contributed by atoms with Gasteiger partial charge < -0.3 is 14.8 Å². The number of halogens is 3. The van der Waals surface area contributed by atoms with Gasteiger partial charge in [0, 0.05) is 0 Å². The fourth-order valence-electron chi connectivity index (χ4n) is 1.40. The van der Waals surface area contributed by atoms with Crippen molar-refractivity contribution >= 4 is 42.6 Å². The molecular formula is C12H15Cl2FNO3P. The Morgan fingerprint density at radius 3 is 2.45 bits per heavy atom. The highest BCUT2D eigenvalue weighted by atomic mass is 35.5. The Morgan fingerprint density at radius 2 is 1.95 bits per heavy atom. The van der Waals surface area contributed by atoms with Gasteiger partial charge in [-0.2, -0.15) is 0 Å². The van der Waals surface area contributed by atoms with Crippen LogP contribution >= 0.6 is 30.8 Å². The summed E-state index contributed by atoms with van der Waals surface area (Å²) in [6.07, 6.45) is 1.30. The smallest absolute Gasteiger partial charge is 0.372 e. The molecule has 0 saturated carbocycles. The maximum absolute atomic E-state index is 13.2. The van der Waals surface area contributed by atoms with E-state index in [1.165, 1.54) is 12.1 Å². The Morgan fingerprint density at radius 1 is 1.40 bits per heavy atom. The Bertz CT molecular complexity index is 556. The minimum Gasteiger partial charge on any atom is -0.396 e. The predicted octanol–water partition coefficient (Wildman–Crippen LogP) is 4.86. The number of nitrogen functional groups attached to an aromatic ring is 1. The molecule has 0 radical (unpaired) electrons. The first kappa shape index (κ1) is 17.5. The van der Waals surface area contributed by atoms with E-state index in [-0.39, 0.29) is 28.7 Å². The van der Waals surface area contributed by atoms with Crippen molar-refractivity contribution in [1.29, 1.82) is 0 Å². The van der Waals surface area contributed by atoms with E-state index in [2.05, 4.69) is 0 Å². The average molecular weight is 342 g/mol. The van der Waals surface area contributed by atoms with Crippen molar-refractivity contribution < 1.29 is 18.0 Å². The number of rotatable bonds is 6. The summed E-state index contributed by atoms with van der Waals surface area (Å²) in [6, 6.07) is 2.35. The second-order valence-electron chi connectivity index (χ2n) is 3.70. The van der Waals surface area contributed by atoms with Crippen LogP contribution in [0.5, 0.6) is 0 Å². The van der Waals surface area contributed by atoms with Crippen LogP contribution in [0.1, 0.15) is 19.4 Å². The predicted molar refractivity (Wildman–Crippen MR) is 80.5 cm³/mol. The molecule has 0 aliphatic rings. The molecule has 0 fully saturated rings. The number of hydrogen-bond acceptors (Lipinski definition) is 4. The van der Waals surface area contributed by atoms with Gasteiger partial charge in [0.05, 0.1) is 23.9 Å². The number of benzene rings is 1. The zero-order valence-corrected chi connectivity index (χ0v) is 13.4. The summed E-state index contributed by atoms with van der Waals surface area (Å²) in [4.78, 5) is 0. The van der Waals surface area contributed by atoms with Crippen LogP contribution in [0, 0.1) is 5.82 Å². The van der Waals surface area contributed by atoms with E-state index in [4.69, 9.17) is 38.0 Å². The van der Waals surface area contributed by atoms with E-state index in [0.717, 1.165) is 6.07 Å². The van der Waals surface area contributed by atoms with Crippen LogP contribution in [0.25, 0.3) is 6.08 Å². The minimum absolute atomic E-state index is 0.0900. The van der Waals surface area contributed by atoms with Gasteiger partial charge in [-0.05, 0) is 37.6 Å². The third-order valence-corrected chi connectivity index (χ3v) is 5.16. The fraction of sp³-hybridized carbons (Fsp3) is 0.333. The second-order valence-corrected chi connectivity index (χ2v) is 6.77. The highest BCUT2D eigenvalue weighted by Gasteiger charge is 2.28. The average Bonchev–Trinajstić information content (AvgIpc) is 2.36. The van der Waals surface area contributed by atoms with E-state index in [1.54, 1.807) is 13.8 Å². The van der Waals surface area contributed by atoms with Gasteiger partial charge in [-0.1, -0.05) is 23.2 Å². The maximum Gasteiger partial charge on any atom is 0.372 e. The molecule has 0 heterocycles. The van der Waals surface area contributed by atoms with Crippen LogP contribution in [0.2, 0.25) is 5.02 Å². The fourth-order valence-corrected chi connectivity index (χ4v) is 3.32. The zero-order chi connectivity index (χ0) is 15.3. The van der Waals surface area contributed by atoms with Crippen LogP contribution in [0.15, 0.2) is 16.9 Å². The molecule has 4 nitrogen and oxygen atoms in total. The summed E-state index contributed by atoms with van der Waals surface area (Å²) in [5.41, 5.74) is 5.69. The molecule has 0 saturated heterocycles. The van der Waals surface area contributed by atoms with Crippen molar-refractivity contribution in [2.24, 2.45) is 0 Å². The van der Waals surface area contributed by atoms with Crippen LogP contribution in [0.4, 0.5) is 10.1 Å². The highest BCUT2D eigenvalue weighted by molar-refractivity contribution is 7.61. The van der Waals surface area contributed by atoms with Crippen LogP contribution < -0.4 is 5.73 Å². The van der Waals surface area contributed by atoms with Crippen molar-refractivity contribution in [1.82, 2.24) is 0 Å². The van der Waals surface area contributed by atoms with Crippen LogP contribution in [-0.4, -0.2) is 13.2 Å². The Hall–Kier alpha value is -0.580. The largest absolute Gasteiger partial charge is 0.396 e. The van der Waals surface area contributed by atoms with Crippen LogP contribution in [0.3, 0.4) is 0 Å². The molecule has 1 rings (SSSR count). The molecule has 0 unspecified atom stereocenters. The molecule has 0 aliphatic carbocycles. The molecule has 1 aromatic rings. The van der Waals surface area contributed by atoms with Gasteiger partial charge in [-0.3, -0.25) is 4.57 Å². The Labute approximate surface area is 127 Å². The van der Waals surface area contributed by atoms with Crippen LogP contribution in [-0.2, 0) is 13.6 Å². The molecule has 20 heavy (non-hydrogen) atoms. The lowest BCUT2D eigenvalue weighted by atomic mass is 10.2. The minimum atomic E-state index is -3.59. The summed E-state index contributed by atoms with van der Waals surface area (Å²) < 4.78 is 35.6. The molecular weight excluding hydrogens is 327 g/mol. The molecule has 1 aromatic carbocycles. The van der Waals surface area contributed by atoms with E-state index in [9.17, 15) is 8.96 Å². The lowest BCUT2D eigenvalue weighted by molar-refractivity contribution is 0.228. The normalized spacial score (nSPS) is 12.8. The first-order valence-corrected chi connectivity index (χ1v) is 8.15. The molecule has 2 N–H and O–H groups in total. The first-order valence-electron chi connectivity index (χ1n) is 5.85. The molecule has 0 amide bonds. The van der Waals surface area contributed by atoms with Gasteiger partial charge in [0.1, 0.15) is 10.6 Å². The quantitative estimate of drug-likeness (QED) is 0.592. The lowest BCUT2D eigenvalue weighted by Gasteiger charge is -2.16. The molecule has 112 valence electrons. The molecule has 0 atom stereocenters. The van der Waals surface area contributed by atoms with E-state index in [0.29, 0.717) is 5.56 Å². The van der Waals surface area contributed by atoms with Crippen molar-refractivity contribution in [2.45, 2.75) is 13.8 Å². The summed E-state index contributed by atoms with van der Waals surface area (Å²) in [7, 11) is -3.59. The molecule has 8 heteroatoms. The monoisotopic (exact) mass is 341 g/mol. The van der Waals surface area contributed by atoms with E-state index in [1.807, 2.05) is 0 Å².